The lowest BCUT2D eigenvalue weighted by molar-refractivity contribution is -0.387. The first kappa shape index (κ1) is 20.1. The summed E-state index contributed by atoms with van der Waals surface area (Å²) < 4.78 is 4.93. The van der Waals surface area contributed by atoms with Crippen molar-refractivity contribution in [1.82, 2.24) is 0 Å². The monoisotopic (exact) mass is 388 g/mol. The third kappa shape index (κ3) is 6.23. The minimum absolute atomic E-state index is 0.0920. The summed E-state index contributed by atoms with van der Waals surface area (Å²) in [6.45, 7) is 0.941. The van der Waals surface area contributed by atoms with Crippen LogP contribution in [-0.2, 0) is 14.3 Å². The van der Waals surface area contributed by atoms with Gasteiger partial charge in [-0.25, -0.2) is 0 Å². The maximum Gasteiger partial charge on any atom is 0.316 e. The number of carbonyl (C=O) groups excluding carboxylic acids is 3. The van der Waals surface area contributed by atoms with Gasteiger partial charge in [0.05, 0.1) is 15.6 Å². The molecule has 140 valence electrons. The van der Waals surface area contributed by atoms with Gasteiger partial charge in [0.15, 0.2) is 12.4 Å². The second-order valence-electron chi connectivity index (χ2n) is 5.36. The van der Waals surface area contributed by atoms with Crippen molar-refractivity contribution in [2.75, 3.05) is 17.7 Å². The van der Waals surface area contributed by atoms with Crippen LogP contribution >= 0.6 is 11.8 Å². The standard InChI is InChI=1S/C18H16N2O6S/c1-12(21)19-14-8-6-13(7-9-14)16(22)10-26-18(23)11-27-17-5-3-2-4-15(17)20(24)25/h2-9H,10-11H2,1H3,(H,19,21). The van der Waals surface area contributed by atoms with Gasteiger partial charge in [-0.2, -0.15) is 0 Å². The molecule has 0 aliphatic rings. The maximum absolute atomic E-state index is 12.0. The summed E-state index contributed by atoms with van der Waals surface area (Å²) >= 11 is 0.971. The van der Waals surface area contributed by atoms with Crippen molar-refractivity contribution in [1.29, 1.82) is 0 Å². The normalized spacial score (nSPS) is 10.1. The molecule has 2 rings (SSSR count). The minimum atomic E-state index is -0.652. The summed E-state index contributed by atoms with van der Waals surface area (Å²) in [6.07, 6.45) is 0. The molecule has 0 fully saturated rings. The molecule has 0 atom stereocenters. The molecule has 0 heterocycles. The average molecular weight is 388 g/mol. The number of Topliss-reactive ketones (excluding diaryl/α,β-unsaturated/α-hetero) is 1. The van der Waals surface area contributed by atoms with Gasteiger partial charge in [-0.3, -0.25) is 24.5 Å². The number of nitrogens with one attached hydrogen (secondary N) is 1. The van der Waals surface area contributed by atoms with Crippen LogP contribution in [0.2, 0.25) is 0 Å². The summed E-state index contributed by atoms with van der Waals surface area (Å²) in [5.41, 5.74) is 0.797. The Morgan fingerprint density at radius 3 is 2.41 bits per heavy atom. The zero-order chi connectivity index (χ0) is 19.8. The number of nitro groups is 1. The Labute approximate surface area is 159 Å². The zero-order valence-electron chi connectivity index (χ0n) is 14.3. The van der Waals surface area contributed by atoms with Crippen molar-refractivity contribution in [3.63, 3.8) is 0 Å². The number of hydrogen-bond donors (Lipinski definition) is 1. The molecule has 8 nitrogen and oxygen atoms in total. The number of anilines is 1. The van der Waals surface area contributed by atoms with Crippen molar-refractivity contribution in [3.05, 3.63) is 64.2 Å². The van der Waals surface area contributed by atoms with E-state index in [1.807, 2.05) is 0 Å². The van der Waals surface area contributed by atoms with Crippen molar-refractivity contribution < 1.29 is 24.0 Å². The van der Waals surface area contributed by atoms with Gasteiger partial charge in [0.2, 0.25) is 5.91 Å². The van der Waals surface area contributed by atoms with E-state index in [1.165, 1.54) is 37.3 Å². The average Bonchev–Trinajstić information content (AvgIpc) is 2.64. The molecule has 1 N–H and O–H groups in total. The van der Waals surface area contributed by atoms with Crippen LogP contribution < -0.4 is 5.32 Å². The van der Waals surface area contributed by atoms with E-state index in [9.17, 15) is 24.5 Å². The van der Waals surface area contributed by atoms with Gasteiger partial charge in [-0.05, 0) is 30.3 Å². The molecule has 27 heavy (non-hydrogen) atoms. The van der Waals surface area contributed by atoms with E-state index in [0.717, 1.165) is 11.8 Å². The molecule has 0 aliphatic carbocycles. The molecule has 0 aliphatic heterocycles. The van der Waals surface area contributed by atoms with Crippen LogP contribution in [0.3, 0.4) is 0 Å². The predicted octanol–water partition coefficient (Wildman–Crippen LogP) is 3.07. The van der Waals surface area contributed by atoms with Gasteiger partial charge < -0.3 is 10.1 Å². The van der Waals surface area contributed by atoms with E-state index in [-0.39, 0.29) is 17.3 Å². The number of thioether (sulfide) groups is 1. The lowest BCUT2D eigenvalue weighted by Gasteiger charge is -2.06. The molecule has 2 aromatic carbocycles. The van der Waals surface area contributed by atoms with Crippen LogP contribution in [0.25, 0.3) is 0 Å². The lowest BCUT2D eigenvalue weighted by Crippen LogP contribution is -2.15. The Balaban J connectivity index is 1.84. The van der Waals surface area contributed by atoms with E-state index in [4.69, 9.17) is 4.74 Å². The molecule has 2 aromatic rings. The minimum Gasteiger partial charge on any atom is -0.457 e. The fourth-order valence-electron chi connectivity index (χ4n) is 2.08. The zero-order valence-corrected chi connectivity index (χ0v) is 15.2. The number of ketones is 1. The number of rotatable bonds is 8. The number of para-hydroxylation sites is 1. The number of carbonyl (C=O) groups is 3. The van der Waals surface area contributed by atoms with Crippen LogP contribution in [0.1, 0.15) is 17.3 Å². The smallest absolute Gasteiger partial charge is 0.316 e. The second-order valence-corrected chi connectivity index (χ2v) is 6.37. The first-order valence-corrected chi connectivity index (χ1v) is 8.78. The number of esters is 1. The molecule has 0 spiro atoms. The first-order valence-electron chi connectivity index (χ1n) is 7.79. The molecule has 0 saturated carbocycles. The summed E-state index contributed by atoms with van der Waals surface area (Å²) in [7, 11) is 0. The van der Waals surface area contributed by atoms with Gasteiger partial charge in [-0.1, -0.05) is 12.1 Å². The SMILES string of the molecule is CC(=O)Nc1ccc(C(=O)COC(=O)CSc2ccccc2[N+](=O)[O-])cc1. The van der Waals surface area contributed by atoms with E-state index < -0.39 is 23.3 Å². The summed E-state index contributed by atoms with van der Waals surface area (Å²) in [6, 6.07) is 12.2. The Morgan fingerprint density at radius 2 is 1.78 bits per heavy atom. The van der Waals surface area contributed by atoms with Crippen LogP contribution in [0, 0.1) is 10.1 Å². The highest BCUT2D eigenvalue weighted by Crippen LogP contribution is 2.28. The van der Waals surface area contributed by atoms with Gasteiger partial charge in [0, 0.05) is 24.2 Å². The number of nitrogens with zero attached hydrogens (tertiary/aromatic N) is 1. The largest absolute Gasteiger partial charge is 0.457 e. The summed E-state index contributed by atoms with van der Waals surface area (Å²) in [5.74, 6) is -1.42. The number of amides is 1. The second kappa shape index (κ2) is 9.48. The van der Waals surface area contributed by atoms with Gasteiger partial charge in [-0.15, -0.1) is 11.8 Å². The van der Waals surface area contributed by atoms with Crippen LogP contribution in [0.15, 0.2) is 53.4 Å². The molecule has 1 amide bonds. The van der Waals surface area contributed by atoms with Gasteiger partial charge in [0.25, 0.3) is 5.69 Å². The molecule has 0 saturated heterocycles. The molecule has 0 aromatic heterocycles. The predicted molar refractivity (Wildman–Crippen MR) is 99.9 cm³/mol. The Kier molecular flexibility index (Phi) is 7.07. The molecule has 0 radical (unpaired) electrons. The fraction of sp³-hybridized carbons (Fsp3) is 0.167. The van der Waals surface area contributed by atoms with Crippen molar-refractivity contribution >= 4 is 40.8 Å². The molecular weight excluding hydrogens is 372 g/mol. The van der Waals surface area contributed by atoms with Crippen molar-refractivity contribution in [2.24, 2.45) is 0 Å². The van der Waals surface area contributed by atoms with E-state index in [0.29, 0.717) is 16.1 Å². The quantitative estimate of drug-likeness (QED) is 0.243. The lowest BCUT2D eigenvalue weighted by atomic mass is 10.1. The summed E-state index contributed by atoms with van der Waals surface area (Å²) in [4.78, 5) is 45.5. The van der Waals surface area contributed by atoms with Crippen LogP contribution in [0.4, 0.5) is 11.4 Å². The first-order chi connectivity index (χ1) is 12.9. The number of hydrogen-bond acceptors (Lipinski definition) is 7. The Morgan fingerprint density at radius 1 is 1.11 bits per heavy atom. The molecular formula is C18H16N2O6S. The Hall–Kier alpha value is -3.20. The third-order valence-corrected chi connectivity index (χ3v) is 4.34. The topological polar surface area (TPSA) is 116 Å². The van der Waals surface area contributed by atoms with Crippen LogP contribution in [0.5, 0.6) is 0 Å². The fourth-order valence-corrected chi connectivity index (χ4v) is 2.90. The summed E-state index contributed by atoms with van der Waals surface area (Å²) in [5, 5.41) is 13.5. The Bertz CT molecular complexity index is 866. The van der Waals surface area contributed by atoms with Gasteiger partial charge in [0.1, 0.15) is 0 Å². The maximum atomic E-state index is 12.0. The van der Waals surface area contributed by atoms with E-state index in [2.05, 4.69) is 5.32 Å². The van der Waals surface area contributed by atoms with Gasteiger partial charge >= 0.3 is 5.97 Å². The van der Waals surface area contributed by atoms with E-state index >= 15 is 0 Å². The third-order valence-electron chi connectivity index (χ3n) is 3.30. The highest BCUT2D eigenvalue weighted by Gasteiger charge is 2.16. The molecule has 0 unspecified atom stereocenters. The highest BCUT2D eigenvalue weighted by atomic mass is 32.2. The van der Waals surface area contributed by atoms with Crippen molar-refractivity contribution in [2.45, 2.75) is 11.8 Å². The number of benzene rings is 2. The number of ether oxygens (including phenoxy) is 1. The number of nitro benzene ring substituents is 1. The molecule has 9 heteroatoms. The van der Waals surface area contributed by atoms with Crippen molar-refractivity contribution in [3.8, 4) is 0 Å². The van der Waals surface area contributed by atoms with E-state index in [1.54, 1.807) is 18.2 Å². The highest BCUT2D eigenvalue weighted by molar-refractivity contribution is 8.00. The van der Waals surface area contributed by atoms with Crippen LogP contribution in [-0.4, -0.2) is 34.9 Å². The molecule has 0 bridgehead atoms.